The summed E-state index contributed by atoms with van der Waals surface area (Å²) in [5.74, 6) is 0.962. The molecule has 94 valence electrons. The van der Waals surface area contributed by atoms with E-state index < -0.39 is 5.95 Å². The maximum Gasteiger partial charge on any atom is 0.213 e. The molecule has 0 aliphatic heterocycles. The first-order chi connectivity index (χ1) is 8.54. The number of aryl methyl sites for hydroxylation is 2. The molecule has 2 aromatic heterocycles. The summed E-state index contributed by atoms with van der Waals surface area (Å²) in [4.78, 5) is 12.2. The fourth-order valence-electron chi connectivity index (χ4n) is 1.57. The lowest BCUT2D eigenvalue weighted by molar-refractivity contribution is 0.579. The second-order valence-corrected chi connectivity index (χ2v) is 4.63. The van der Waals surface area contributed by atoms with Gasteiger partial charge in [0.15, 0.2) is 0 Å². The number of hydrogen-bond donors (Lipinski definition) is 1. The molecule has 0 atom stereocenters. The molecule has 0 fully saturated rings. The molecule has 2 rings (SSSR count). The third kappa shape index (κ3) is 3.22. The third-order valence-electron chi connectivity index (χ3n) is 2.32. The van der Waals surface area contributed by atoms with Gasteiger partial charge in [-0.1, -0.05) is 6.07 Å². The summed E-state index contributed by atoms with van der Waals surface area (Å²) in [6.45, 7) is 4.27. The molecule has 0 amide bonds. The molecule has 0 bridgehead atoms. The molecule has 0 saturated carbocycles. The average molecular weight is 311 g/mol. The van der Waals surface area contributed by atoms with Crippen LogP contribution in [-0.2, 0) is 6.54 Å². The number of aromatic nitrogens is 3. The van der Waals surface area contributed by atoms with Gasteiger partial charge in [0.2, 0.25) is 5.95 Å². The molecule has 0 saturated heterocycles. The van der Waals surface area contributed by atoms with Crippen molar-refractivity contribution in [1.29, 1.82) is 0 Å². The normalized spacial score (nSPS) is 10.4. The van der Waals surface area contributed by atoms with E-state index >= 15 is 0 Å². The minimum Gasteiger partial charge on any atom is -0.366 e. The van der Waals surface area contributed by atoms with Crippen LogP contribution in [0.3, 0.4) is 0 Å². The Labute approximate surface area is 113 Å². The number of nitrogens with one attached hydrogen (secondary N) is 1. The van der Waals surface area contributed by atoms with Gasteiger partial charge in [0.1, 0.15) is 16.2 Å². The maximum atomic E-state index is 12.8. The largest absolute Gasteiger partial charge is 0.366 e. The van der Waals surface area contributed by atoms with Crippen LogP contribution in [0.2, 0.25) is 0 Å². The molecule has 0 radical (unpaired) electrons. The summed E-state index contributed by atoms with van der Waals surface area (Å²) < 4.78 is 13.3. The summed E-state index contributed by atoms with van der Waals surface area (Å²) in [6, 6.07) is 4.87. The van der Waals surface area contributed by atoms with E-state index in [0.717, 1.165) is 17.1 Å². The Bertz CT molecular complexity index is 554. The standard InChI is InChI=1S/C12H12BrFN4/c1-7-5-11(17-8(2)16-7)15-6-9-3-4-10(14)18-12(9)13/h3-5H,6H2,1-2H3,(H,15,16,17). The molecule has 2 heterocycles. The lowest BCUT2D eigenvalue weighted by atomic mass is 10.3. The minimum absolute atomic E-state index is 0.498. The molecule has 0 spiro atoms. The Morgan fingerprint density at radius 2 is 2.00 bits per heavy atom. The van der Waals surface area contributed by atoms with Crippen molar-refractivity contribution in [2.45, 2.75) is 20.4 Å². The Kier molecular flexibility index (Phi) is 3.86. The van der Waals surface area contributed by atoms with E-state index in [9.17, 15) is 4.39 Å². The van der Waals surface area contributed by atoms with Crippen molar-refractivity contribution in [3.63, 3.8) is 0 Å². The first kappa shape index (κ1) is 12.9. The average Bonchev–Trinajstić information content (AvgIpc) is 2.26. The maximum absolute atomic E-state index is 12.8. The molecule has 0 aliphatic carbocycles. The molecule has 2 aromatic rings. The number of anilines is 1. The Morgan fingerprint density at radius 1 is 1.22 bits per heavy atom. The molecular weight excluding hydrogens is 299 g/mol. The molecule has 0 unspecified atom stereocenters. The highest BCUT2D eigenvalue weighted by molar-refractivity contribution is 9.10. The number of nitrogens with zero attached hydrogens (tertiary/aromatic N) is 3. The van der Waals surface area contributed by atoms with Crippen LogP contribution < -0.4 is 5.32 Å². The van der Waals surface area contributed by atoms with Crippen LogP contribution in [0, 0.1) is 19.8 Å². The van der Waals surface area contributed by atoms with Gasteiger partial charge < -0.3 is 5.32 Å². The molecule has 0 aromatic carbocycles. The fraction of sp³-hybridized carbons (Fsp3) is 0.250. The molecule has 1 N–H and O–H groups in total. The second kappa shape index (κ2) is 5.39. The molecule has 18 heavy (non-hydrogen) atoms. The Morgan fingerprint density at radius 3 is 2.67 bits per heavy atom. The SMILES string of the molecule is Cc1cc(NCc2ccc(F)nc2Br)nc(C)n1. The quantitative estimate of drug-likeness (QED) is 0.885. The van der Waals surface area contributed by atoms with Crippen LogP contribution in [0.15, 0.2) is 22.8 Å². The summed E-state index contributed by atoms with van der Waals surface area (Å²) >= 11 is 3.23. The smallest absolute Gasteiger partial charge is 0.213 e. The lowest BCUT2D eigenvalue weighted by Gasteiger charge is -2.08. The minimum atomic E-state index is -0.501. The van der Waals surface area contributed by atoms with Crippen LogP contribution in [-0.4, -0.2) is 15.0 Å². The van der Waals surface area contributed by atoms with Crippen LogP contribution in [0.1, 0.15) is 17.1 Å². The summed E-state index contributed by atoms with van der Waals surface area (Å²) in [5.41, 5.74) is 1.77. The van der Waals surface area contributed by atoms with E-state index in [-0.39, 0.29) is 0 Å². The molecule has 4 nitrogen and oxygen atoms in total. The highest BCUT2D eigenvalue weighted by Gasteiger charge is 2.04. The Hall–Kier alpha value is -1.56. The van der Waals surface area contributed by atoms with Crippen molar-refractivity contribution in [2.75, 3.05) is 5.32 Å². The predicted molar refractivity (Wildman–Crippen MR) is 70.7 cm³/mol. The van der Waals surface area contributed by atoms with Crippen molar-refractivity contribution < 1.29 is 4.39 Å². The van der Waals surface area contributed by atoms with Crippen LogP contribution in [0.4, 0.5) is 10.2 Å². The van der Waals surface area contributed by atoms with Gasteiger partial charge >= 0.3 is 0 Å². The zero-order valence-electron chi connectivity index (χ0n) is 10.0. The van der Waals surface area contributed by atoms with Crippen LogP contribution in [0.25, 0.3) is 0 Å². The monoisotopic (exact) mass is 310 g/mol. The van der Waals surface area contributed by atoms with E-state index in [1.54, 1.807) is 6.07 Å². The van der Waals surface area contributed by atoms with Gasteiger partial charge in [-0.15, -0.1) is 0 Å². The number of hydrogen-bond acceptors (Lipinski definition) is 4. The predicted octanol–water partition coefficient (Wildman–Crippen LogP) is 3.00. The number of pyridine rings is 1. The van der Waals surface area contributed by atoms with E-state index in [0.29, 0.717) is 17.0 Å². The van der Waals surface area contributed by atoms with Gasteiger partial charge in [-0.2, -0.15) is 4.39 Å². The van der Waals surface area contributed by atoms with Gasteiger partial charge in [0.25, 0.3) is 0 Å². The zero-order valence-corrected chi connectivity index (χ0v) is 11.6. The van der Waals surface area contributed by atoms with Crippen molar-refractivity contribution >= 4 is 21.7 Å². The topological polar surface area (TPSA) is 50.7 Å². The van der Waals surface area contributed by atoms with Gasteiger partial charge in [-0.25, -0.2) is 15.0 Å². The highest BCUT2D eigenvalue weighted by atomic mass is 79.9. The summed E-state index contributed by atoms with van der Waals surface area (Å²) in [5, 5.41) is 3.16. The Balaban J connectivity index is 2.11. The van der Waals surface area contributed by atoms with E-state index in [4.69, 9.17) is 0 Å². The first-order valence-corrected chi connectivity index (χ1v) is 6.21. The van der Waals surface area contributed by atoms with Gasteiger partial charge in [0.05, 0.1) is 0 Å². The van der Waals surface area contributed by atoms with Crippen molar-refractivity contribution in [3.05, 3.63) is 45.8 Å². The fourth-order valence-corrected chi connectivity index (χ4v) is 2.01. The highest BCUT2D eigenvalue weighted by Crippen LogP contribution is 2.16. The van der Waals surface area contributed by atoms with E-state index in [2.05, 4.69) is 36.2 Å². The van der Waals surface area contributed by atoms with Crippen LogP contribution in [0.5, 0.6) is 0 Å². The third-order valence-corrected chi connectivity index (χ3v) is 3.00. The molecular formula is C12H12BrFN4. The molecule has 0 aliphatic rings. The van der Waals surface area contributed by atoms with E-state index in [1.165, 1.54) is 6.07 Å². The number of rotatable bonds is 3. The summed E-state index contributed by atoms with van der Waals surface area (Å²) in [7, 11) is 0. The van der Waals surface area contributed by atoms with Crippen molar-refractivity contribution in [1.82, 2.24) is 15.0 Å². The summed E-state index contributed by atoms with van der Waals surface area (Å²) in [6.07, 6.45) is 0. The van der Waals surface area contributed by atoms with E-state index in [1.807, 2.05) is 19.9 Å². The zero-order chi connectivity index (χ0) is 13.1. The van der Waals surface area contributed by atoms with Gasteiger partial charge in [0, 0.05) is 23.9 Å². The number of halogens is 2. The van der Waals surface area contributed by atoms with Gasteiger partial charge in [-0.3, -0.25) is 0 Å². The van der Waals surface area contributed by atoms with Crippen molar-refractivity contribution in [2.24, 2.45) is 0 Å². The molecule has 6 heteroatoms. The van der Waals surface area contributed by atoms with Gasteiger partial charge in [-0.05, 0) is 35.8 Å². The van der Waals surface area contributed by atoms with Crippen molar-refractivity contribution in [3.8, 4) is 0 Å². The second-order valence-electron chi connectivity index (χ2n) is 3.88. The van der Waals surface area contributed by atoms with Crippen LogP contribution >= 0.6 is 15.9 Å². The first-order valence-electron chi connectivity index (χ1n) is 5.41. The lowest BCUT2D eigenvalue weighted by Crippen LogP contribution is -2.05.